The zero-order valence-electron chi connectivity index (χ0n) is 19.7. The number of carbonyl (C=O) groups is 2. The van der Waals surface area contributed by atoms with Crippen LogP contribution in [0.3, 0.4) is 0 Å². The molecule has 1 heterocycles. The third kappa shape index (κ3) is 6.28. The zero-order valence-corrected chi connectivity index (χ0v) is 22.1. The molecule has 0 saturated carbocycles. The molecule has 186 valence electrons. The number of halogens is 2. The predicted molar refractivity (Wildman–Crippen MR) is 148 cm³/mol. The number of nitrogens with zero attached hydrogens (tertiary/aromatic N) is 1. The lowest BCUT2D eigenvalue weighted by Gasteiger charge is -2.30. The molecule has 3 aromatic rings. The first-order valence-electron chi connectivity index (χ1n) is 11.3. The number of allylic oxidation sites excluding steroid dienone is 2. The van der Waals surface area contributed by atoms with Gasteiger partial charge in [-0.1, -0.05) is 64.1 Å². The minimum atomic E-state index is -0.951. The van der Waals surface area contributed by atoms with Gasteiger partial charge in [-0.2, -0.15) is 5.26 Å². The smallest absolute Gasteiger partial charge is 0.254 e. The van der Waals surface area contributed by atoms with Crippen LogP contribution in [0.15, 0.2) is 105 Å². The Morgan fingerprint density at radius 2 is 1.65 bits per heavy atom. The van der Waals surface area contributed by atoms with Gasteiger partial charge in [-0.3, -0.25) is 9.59 Å². The first-order chi connectivity index (χ1) is 17.9. The van der Waals surface area contributed by atoms with Crippen molar-refractivity contribution < 1.29 is 14.0 Å². The van der Waals surface area contributed by atoms with Gasteiger partial charge < -0.3 is 16.0 Å². The van der Waals surface area contributed by atoms with Gasteiger partial charge in [0.2, 0.25) is 5.91 Å². The summed E-state index contributed by atoms with van der Waals surface area (Å²) in [7, 11) is 0. The maximum Gasteiger partial charge on any atom is 0.254 e. The molecule has 0 saturated heterocycles. The van der Waals surface area contributed by atoms with Crippen LogP contribution in [-0.2, 0) is 9.59 Å². The first-order valence-corrected chi connectivity index (χ1v) is 13.1. The molecular formula is C28H22BrFN4O2S. The van der Waals surface area contributed by atoms with Crippen LogP contribution in [0.5, 0.6) is 0 Å². The molecule has 4 rings (SSSR count). The fourth-order valence-corrected chi connectivity index (χ4v) is 5.09. The molecule has 0 aliphatic carbocycles. The van der Waals surface area contributed by atoms with Gasteiger partial charge in [0.1, 0.15) is 5.82 Å². The second-order valence-corrected chi connectivity index (χ2v) is 10.0. The summed E-state index contributed by atoms with van der Waals surface area (Å²) >= 11 is 4.48. The molecule has 1 aliphatic heterocycles. The van der Waals surface area contributed by atoms with Crippen LogP contribution < -0.4 is 16.0 Å². The van der Waals surface area contributed by atoms with Gasteiger partial charge in [-0.25, -0.2) is 4.39 Å². The number of thioether (sulfide) groups is 1. The maximum absolute atomic E-state index is 15.0. The lowest BCUT2D eigenvalue weighted by atomic mass is 9.82. The van der Waals surface area contributed by atoms with Gasteiger partial charge in [0.15, 0.2) is 0 Å². The molecule has 3 N–H and O–H groups in total. The summed E-state index contributed by atoms with van der Waals surface area (Å²) in [6.07, 6.45) is 0. The van der Waals surface area contributed by atoms with E-state index in [-0.39, 0.29) is 28.4 Å². The van der Waals surface area contributed by atoms with Crippen molar-refractivity contribution in [2.45, 2.75) is 12.8 Å². The van der Waals surface area contributed by atoms with Gasteiger partial charge in [0.05, 0.1) is 28.3 Å². The molecule has 2 amide bonds. The fraction of sp³-hybridized carbons (Fsp3) is 0.107. The number of benzene rings is 3. The lowest BCUT2D eigenvalue weighted by molar-refractivity contribution is -0.114. The van der Waals surface area contributed by atoms with E-state index < -0.39 is 17.6 Å². The molecule has 0 spiro atoms. The molecule has 0 bridgehead atoms. The second-order valence-electron chi connectivity index (χ2n) is 8.14. The van der Waals surface area contributed by atoms with Crippen LogP contribution in [0.2, 0.25) is 0 Å². The molecule has 9 heteroatoms. The first kappa shape index (κ1) is 26.2. The summed E-state index contributed by atoms with van der Waals surface area (Å²) in [6, 6.07) is 24.3. The van der Waals surface area contributed by atoms with Crippen LogP contribution in [0.1, 0.15) is 18.4 Å². The summed E-state index contributed by atoms with van der Waals surface area (Å²) in [5.41, 5.74) is 2.28. The quantitative estimate of drug-likeness (QED) is 0.307. The van der Waals surface area contributed by atoms with E-state index in [1.807, 2.05) is 18.2 Å². The van der Waals surface area contributed by atoms with Crippen molar-refractivity contribution in [3.63, 3.8) is 0 Å². The highest BCUT2D eigenvalue weighted by Gasteiger charge is 2.36. The van der Waals surface area contributed by atoms with Crippen molar-refractivity contribution >= 4 is 50.9 Å². The van der Waals surface area contributed by atoms with E-state index in [0.717, 1.165) is 16.2 Å². The van der Waals surface area contributed by atoms with E-state index in [4.69, 9.17) is 0 Å². The Morgan fingerprint density at radius 1 is 1.00 bits per heavy atom. The average molecular weight is 577 g/mol. The monoisotopic (exact) mass is 576 g/mol. The normalized spacial score (nSPS) is 15.0. The Labute approximate surface area is 226 Å². The summed E-state index contributed by atoms with van der Waals surface area (Å²) in [5, 5.41) is 19.3. The van der Waals surface area contributed by atoms with Gasteiger partial charge in [-0.15, -0.1) is 0 Å². The Morgan fingerprint density at radius 3 is 2.32 bits per heavy atom. The van der Waals surface area contributed by atoms with Crippen molar-refractivity contribution in [3.05, 3.63) is 117 Å². The van der Waals surface area contributed by atoms with E-state index in [2.05, 4.69) is 37.9 Å². The number of dihydropyridines is 1. The number of nitriles is 1. The van der Waals surface area contributed by atoms with E-state index in [0.29, 0.717) is 22.1 Å². The number of nitrogens with one attached hydrogen (secondary N) is 3. The standard InChI is InChI=1S/C28H22BrFN4O2S/c1-17-25(27(36)34-19-7-3-2-4-8-19)26(21-9-5-6-10-23(21)30)22(15-31)28(32-17)37-16-24(35)33-20-13-11-18(29)12-14-20/h2-14,26,32H,16H2,1H3,(H,33,35)(H,34,36). The predicted octanol–water partition coefficient (Wildman–Crippen LogP) is 6.29. The van der Waals surface area contributed by atoms with Gasteiger partial charge in [-0.05, 0) is 49.4 Å². The van der Waals surface area contributed by atoms with Crippen molar-refractivity contribution in [3.8, 4) is 6.07 Å². The topological polar surface area (TPSA) is 94.0 Å². The van der Waals surface area contributed by atoms with Crippen LogP contribution in [-0.4, -0.2) is 17.6 Å². The summed E-state index contributed by atoms with van der Waals surface area (Å²) < 4.78 is 15.9. The summed E-state index contributed by atoms with van der Waals surface area (Å²) in [4.78, 5) is 26.0. The molecule has 6 nitrogen and oxygen atoms in total. The number of rotatable bonds is 7. The number of carbonyl (C=O) groups excluding carboxylic acids is 2. The number of anilines is 2. The second kappa shape index (κ2) is 11.9. The largest absolute Gasteiger partial charge is 0.353 e. The highest BCUT2D eigenvalue weighted by Crippen LogP contribution is 2.41. The van der Waals surface area contributed by atoms with Crippen molar-refractivity contribution in [1.82, 2.24) is 5.32 Å². The molecule has 0 aromatic heterocycles. The average Bonchev–Trinajstić information content (AvgIpc) is 2.89. The molecule has 0 fully saturated rings. The number of hydrogen-bond donors (Lipinski definition) is 3. The fourth-order valence-electron chi connectivity index (χ4n) is 3.94. The summed E-state index contributed by atoms with van der Waals surface area (Å²) in [5.74, 6) is -2.19. The van der Waals surface area contributed by atoms with Crippen molar-refractivity contribution in [1.29, 1.82) is 5.26 Å². The van der Waals surface area contributed by atoms with Crippen LogP contribution in [0.4, 0.5) is 15.8 Å². The van der Waals surface area contributed by atoms with E-state index >= 15 is 4.39 Å². The highest BCUT2D eigenvalue weighted by molar-refractivity contribution is 9.10. The molecule has 1 unspecified atom stereocenters. The molecule has 37 heavy (non-hydrogen) atoms. The molecule has 0 radical (unpaired) electrons. The Balaban J connectivity index is 1.63. The Bertz CT molecular complexity index is 1430. The summed E-state index contributed by atoms with van der Waals surface area (Å²) in [6.45, 7) is 1.70. The third-order valence-corrected chi connectivity index (χ3v) is 7.16. The SMILES string of the molecule is CC1=C(C(=O)Nc2ccccc2)C(c2ccccc2F)C(C#N)=C(SCC(=O)Nc2ccc(Br)cc2)N1. The molecule has 1 aliphatic rings. The number of hydrogen-bond acceptors (Lipinski definition) is 5. The van der Waals surface area contributed by atoms with Crippen molar-refractivity contribution in [2.75, 3.05) is 16.4 Å². The lowest BCUT2D eigenvalue weighted by Crippen LogP contribution is -2.31. The molecule has 3 aromatic carbocycles. The highest BCUT2D eigenvalue weighted by atomic mass is 79.9. The van der Waals surface area contributed by atoms with E-state index in [9.17, 15) is 14.9 Å². The maximum atomic E-state index is 15.0. The minimum absolute atomic E-state index is 0.00634. The third-order valence-electron chi connectivity index (χ3n) is 5.62. The molecular weight excluding hydrogens is 555 g/mol. The van der Waals surface area contributed by atoms with E-state index in [1.54, 1.807) is 61.5 Å². The van der Waals surface area contributed by atoms with Gasteiger partial charge >= 0.3 is 0 Å². The van der Waals surface area contributed by atoms with Crippen LogP contribution in [0.25, 0.3) is 0 Å². The van der Waals surface area contributed by atoms with Gasteiger partial charge in [0, 0.05) is 32.7 Å². The van der Waals surface area contributed by atoms with E-state index in [1.165, 1.54) is 6.07 Å². The van der Waals surface area contributed by atoms with Crippen LogP contribution in [0, 0.1) is 17.1 Å². The zero-order chi connectivity index (χ0) is 26.4. The van der Waals surface area contributed by atoms with Crippen molar-refractivity contribution in [2.24, 2.45) is 0 Å². The number of para-hydroxylation sites is 1. The number of amides is 2. The Hall–Kier alpha value is -3.87. The minimum Gasteiger partial charge on any atom is -0.353 e. The Kier molecular flexibility index (Phi) is 8.43. The van der Waals surface area contributed by atoms with Crippen LogP contribution >= 0.6 is 27.7 Å². The van der Waals surface area contributed by atoms with Gasteiger partial charge in [0.25, 0.3) is 5.91 Å². The molecule has 1 atom stereocenters.